The third-order valence-corrected chi connectivity index (χ3v) is 6.48. The predicted octanol–water partition coefficient (Wildman–Crippen LogP) is 3.83. The molecule has 0 aromatic heterocycles. The lowest BCUT2D eigenvalue weighted by molar-refractivity contribution is 0.0369. The predicted molar refractivity (Wildman–Crippen MR) is 104 cm³/mol. The van der Waals surface area contributed by atoms with E-state index < -0.39 is 15.9 Å². The highest BCUT2D eigenvalue weighted by atomic mass is 32.2. The fraction of sp³-hybridized carbons (Fsp3) is 0.476. The van der Waals surface area contributed by atoms with Crippen LogP contribution >= 0.6 is 0 Å². The molecule has 1 heterocycles. The number of aliphatic hydroxyl groups is 1. The van der Waals surface area contributed by atoms with Gasteiger partial charge in [-0.1, -0.05) is 31.4 Å². The summed E-state index contributed by atoms with van der Waals surface area (Å²) >= 11 is 0. The molecule has 2 rings (SSSR count). The van der Waals surface area contributed by atoms with Gasteiger partial charge in [-0.3, -0.25) is 0 Å². The first kappa shape index (κ1) is 20.7. The van der Waals surface area contributed by atoms with Crippen LogP contribution in [0, 0.1) is 0 Å². The molecule has 142 valence electrons. The van der Waals surface area contributed by atoms with E-state index in [9.17, 15) is 13.5 Å². The molecule has 1 aliphatic rings. The molecule has 5 heteroatoms. The number of sulfone groups is 1. The summed E-state index contributed by atoms with van der Waals surface area (Å²) in [5, 5.41) is 10.0. The molecular formula is C21H28O4S. The van der Waals surface area contributed by atoms with Gasteiger partial charge in [0.1, 0.15) is 0 Å². The summed E-state index contributed by atoms with van der Waals surface area (Å²) in [6, 6.07) is 8.49. The van der Waals surface area contributed by atoms with Gasteiger partial charge in [-0.05, 0) is 55.9 Å². The van der Waals surface area contributed by atoms with Crippen LogP contribution in [0.5, 0.6) is 0 Å². The Morgan fingerprint density at radius 1 is 1.35 bits per heavy atom. The van der Waals surface area contributed by atoms with Crippen LogP contribution in [0.3, 0.4) is 0 Å². The van der Waals surface area contributed by atoms with Crippen LogP contribution in [-0.4, -0.2) is 37.6 Å². The van der Waals surface area contributed by atoms with Crippen LogP contribution in [0.1, 0.15) is 39.0 Å². The SMILES string of the molecule is C=C=C(C)C[C@H](O)CC[C@@H]1O[C@@H](CCS(=O)(=O)c2ccccc2)CC1=C. The van der Waals surface area contributed by atoms with E-state index in [0.717, 1.165) is 11.1 Å². The van der Waals surface area contributed by atoms with E-state index in [-0.39, 0.29) is 18.0 Å². The van der Waals surface area contributed by atoms with Gasteiger partial charge in [0, 0.05) is 6.42 Å². The van der Waals surface area contributed by atoms with E-state index in [0.29, 0.717) is 37.0 Å². The first-order chi connectivity index (χ1) is 12.3. The third-order valence-electron chi connectivity index (χ3n) is 4.72. The number of hydrogen-bond donors (Lipinski definition) is 1. The molecule has 4 nitrogen and oxygen atoms in total. The monoisotopic (exact) mass is 376 g/mol. The average Bonchev–Trinajstić information content (AvgIpc) is 2.99. The van der Waals surface area contributed by atoms with E-state index in [1.165, 1.54) is 0 Å². The molecule has 3 atom stereocenters. The highest BCUT2D eigenvalue weighted by molar-refractivity contribution is 7.91. The Hall–Kier alpha value is -1.65. The fourth-order valence-corrected chi connectivity index (χ4v) is 4.53. The molecule has 0 aliphatic carbocycles. The van der Waals surface area contributed by atoms with Crippen LogP contribution in [0.4, 0.5) is 0 Å². The van der Waals surface area contributed by atoms with Gasteiger partial charge in [-0.15, -0.1) is 5.73 Å². The minimum absolute atomic E-state index is 0.0631. The molecule has 1 fully saturated rings. The fourth-order valence-electron chi connectivity index (χ4n) is 3.15. The molecule has 0 bridgehead atoms. The van der Waals surface area contributed by atoms with Crippen molar-refractivity contribution in [3.63, 3.8) is 0 Å². The Morgan fingerprint density at radius 2 is 2.04 bits per heavy atom. The Kier molecular flexibility index (Phi) is 7.42. The Morgan fingerprint density at radius 3 is 2.69 bits per heavy atom. The number of hydrogen-bond acceptors (Lipinski definition) is 4. The third kappa shape index (κ3) is 5.96. The smallest absolute Gasteiger partial charge is 0.178 e. The lowest BCUT2D eigenvalue weighted by Gasteiger charge is -2.16. The second-order valence-corrected chi connectivity index (χ2v) is 9.03. The molecule has 0 amide bonds. The van der Waals surface area contributed by atoms with Crippen molar-refractivity contribution in [2.75, 3.05) is 5.75 Å². The summed E-state index contributed by atoms with van der Waals surface area (Å²) in [6.07, 6.45) is 2.30. The first-order valence-electron chi connectivity index (χ1n) is 8.96. The van der Waals surface area contributed by atoms with Crippen molar-refractivity contribution < 1.29 is 18.3 Å². The van der Waals surface area contributed by atoms with Crippen molar-refractivity contribution in [2.24, 2.45) is 0 Å². The minimum Gasteiger partial charge on any atom is -0.393 e. The van der Waals surface area contributed by atoms with Crippen LogP contribution in [0.15, 0.2) is 65.3 Å². The second kappa shape index (κ2) is 9.33. The van der Waals surface area contributed by atoms with Gasteiger partial charge in [-0.2, -0.15) is 0 Å². The first-order valence-corrected chi connectivity index (χ1v) is 10.6. The lowest BCUT2D eigenvalue weighted by Crippen LogP contribution is -2.18. The normalized spacial score (nSPS) is 21.4. The van der Waals surface area contributed by atoms with Crippen LogP contribution < -0.4 is 0 Å². The largest absolute Gasteiger partial charge is 0.393 e. The average molecular weight is 377 g/mol. The Labute approximate surface area is 156 Å². The molecule has 0 spiro atoms. The topological polar surface area (TPSA) is 63.6 Å². The molecule has 1 aromatic carbocycles. The van der Waals surface area contributed by atoms with Crippen molar-refractivity contribution in [3.8, 4) is 0 Å². The zero-order chi connectivity index (χ0) is 19.2. The maximum atomic E-state index is 12.4. The van der Waals surface area contributed by atoms with E-state index in [1.807, 2.05) is 6.92 Å². The molecule has 1 aromatic rings. The molecule has 0 unspecified atom stereocenters. The van der Waals surface area contributed by atoms with Gasteiger partial charge in [0.25, 0.3) is 0 Å². The molecule has 0 saturated carbocycles. The number of aliphatic hydroxyl groups excluding tert-OH is 1. The van der Waals surface area contributed by atoms with Gasteiger partial charge in [0.2, 0.25) is 0 Å². The second-order valence-electron chi connectivity index (χ2n) is 6.92. The molecule has 26 heavy (non-hydrogen) atoms. The quantitative estimate of drug-likeness (QED) is 0.526. The van der Waals surface area contributed by atoms with Gasteiger partial charge >= 0.3 is 0 Å². The van der Waals surface area contributed by atoms with Crippen molar-refractivity contribution in [1.82, 2.24) is 0 Å². The Bertz CT molecular complexity index is 760. The highest BCUT2D eigenvalue weighted by Crippen LogP contribution is 2.30. The molecule has 0 radical (unpaired) electrons. The van der Waals surface area contributed by atoms with E-state index in [4.69, 9.17) is 4.74 Å². The van der Waals surface area contributed by atoms with Gasteiger partial charge < -0.3 is 9.84 Å². The molecule has 1 N–H and O–H groups in total. The van der Waals surface area contributed by atoms with Crippen LogP contribution in [0.2, 0.25) is 0 Å². The van der Waals surface area contributed by atoms with Gasteiger partial charge in [0.15, 0.2) is 9.84 Å². The summed E-state index contributed by atoms with van der Waals surface area (Å²) in [4.78, 5) is 0.349. The van der Waals surface area contributed by atoms with Crippen molar-refractivity contribution in [2.45, 2.75) is 62.2 Å². The van der Waals surface area contributed by atoms with Gasteiger partial charge in [-0.25, -0.2) is 8.42 Å². The summed E-state index contributed by atoms with van der Waals surface area (Å²) in [7, 11) is -3.29. The summed E-state index contributed by atoms with van der Waals surface area (Å²) in [5.74, 6) is 0.0631. The zero-order valence-electron chi connectivity index (χ0n) is 15.4. The molecular weight excluding hydrogens is 348 g/mol. The van der Waals surface area contributed by atoms with Crippen molar-refractivity contribution in [3.05, 3.63) is 60.4 Å². The maximum absolute atomic E-state index is 12.4. The maximum Gasteiger partial charge on any atom is 0.178 e. The van der Waals surface area contributed by atoms with Crippen molar-refractivity contribution in [1.29, 1.82) is 0 Å². The summed E-state index contributed by atoms with van der Waals surface area (Å²) in [5.41, 5.74) is 4.70. The highest BCUT2D eigenvalue weighted by Gasteiger charge is 2.30. The van der Waals surface area contributed by atoms with E-state index in [2.05, 4.69) is 18.9 Å². The Balaban J connectivity index is 1.81. The molecule has 1 aliphatic heterocycles. The van der Waals surface area contributed by atoms with E-state index in [1.54, 1.807) is 30.3 Å². The molecule has 1 saturated heterocycles. The standard InChI is InChI=1S/C21H28O4S/c1-4-16(2)14-18(22)10-11-21-17(3)15-19(25-21)12-13-26(23,24)20-8-6-5-7-9-20/h5-9,18-19,21-22H,1,3,10-15H2,2H3/t18-,19+,21+/m1/s1. The number of benzene rings is 1. The zero-order valence-corrected chi connectivity index (χ0v) is 16.2. The van der Waals surface area contributed by atoms with Crippen LogP contribution in [-0.2, 0) is 14.6 Å². The number of rotatable bonds is 9. The minimum atomic E-state index is -3.29. The lowest BCUT2D eigenvalue weighted by atomic mass is 10.00. The summed E-state index contributed by atoms with van der Waals surface area (Å²) < 4.78 is 30.7. The number of ether oxygens (including phenoxy) is 1. The summed E-state index contributed by atoms with van der Waals surface area (Å²) in [6.45, 7) is 9.53. The van der Waals surface area contributed by atoms with Crippen molar-refractivity contribution >= 4 is 9.84 Å². The van der Waals surface area contributed by atoms with Crippen LogP contribution in [0.25, 0.3) is 0 Å². The van der Waals surface area contributed by atoms with E-state index >= 15 is 0 Å². The van der Waals surface area contributed by atoms with Gasteiger partial charge in [0.05, 0.1) is 29.0 Å².